The standard InChI is InChI=1S/C13H15F3O2/c1-3-4-5-11(17)9-6-7-10(13(14,15)16)12(8-9)18-2/h6-8H,3-5H2,1-2H3. The lowest BCUT2D eigenvalue weighted by Gasteiger charge is -2.12. The van der Waals surface area contributed by atoms with E-state index in [4.69, 9.17) is 4.74 Å². The Kier molecular flexibility index (Phi) is 4.76. The maximum atomic E-state index is 12.6. The van der Waals surface area contributed by atoms with Crippen LogP contribution in [0.15, 0.2) is 18.2 Å². The van der Waals surface area contributed by atoms with E-state index in [0.717, 1.165) is 32.1 Å². The van der Waals surface area contributed by atoms with Gasteiger partial charge < -0.3 is 4.74 Å². The van der Waals surface area contributed by atoms with Gasteiger partial charge in [0, 0.05) is 12.0 Å². The maximum absolute atomic E-state index is 12.6. The second-order valence-electron chi connectivity index (χ2n) is 3.94. The fraction of sp³-hybridized carbons (Fsp3) is 0.462. The number of unbranched alkanes of at least 4 members (excludes halogenated alkanes) is 1. The first-order valence-corrected chi connectivity index (χ1v) is 5.68. The van der Waals surface area contributed by atoms with Gasteiger partial charge in [-0.2, -0.15) is 13.2 Å². The minimum Gasteiger partial charge on any atom is -0.496 e. The molecule has 18 heavy (non-hydrogen) atoms. The summed E-state index contributed by atoms with van der Waals surface area (Å²) >= 11 is 0. The van der Waals surface area contributed by atoms with Crippen molar-refractivity contribution < 1.29 is 22.7 Å². The number of Topliss-reactive ketones (excluding diaryl/α,β-unsaturated/α-hetero) is 1. The monoisotopic (exact) mass is 260 g/mol. The molecule has 0 heterocycles. The zero-order valence-corrected chi connectivity index (χ0v) is 10.3. The van der Waals surface area contributed by atoms with E-state index in [1.165, 1.54) is 6.07 Å². The van der Waals surface area contributed by atoms with Crippen molar-refractivity contribution in [3.63, 3.8) is 0 Å². The van der Waals surface area contributed by atoms with E-state index in [1.54, 1.807) is 0 Å². The average Bonchev–Trinajstić information content (AvgIpc) is 2.33. The molecule has 0 amide bonds. The number of carbonyl (C=O) groups is 1. The highest BCUT2D eigenvalue weighted by Gasteiger charge is 2.34. The second kappa shape index (κ2) is 5.89. The third-order valence-corrected chi connectivity index (χ3v) is 2.59. The van der Waals surface area contributed by atoms with Crippen molar-refractivity contribution in [2.24, 2.45) is 0 Å². The number of benzene rings is 1. The summed E-state index contributed by atoms with van der Waals surface area (Å²) in [6.45, 7) is 1.95. The van der Waals surface area contributed by atoms with E-state index < -0.39 is 11.7 Å². The maximum Gasteiger partial charge on any atom is 0.419 e. The first kappa shape index (κ1) is 14.5. The summed E-state index contributed by atoms with van der Waals surface area (Å²) in [5.41, 5.74) is -0.606. The Morgan fingerprint density at radius 2 is 2.00 bits per heavy atom. The molecule has 0 unspecified atom stereocenters. The molecule has 2 nitrogen and oxygen atoms in total. The van der Waals surface area contributed by atoms with Crippen LogP contribution in [-0.2, 0) is 6.18 Å². The van der Waals surface area contributed by atoms with Gasteiger partial charge in [0.2, 0.25) is 0 Å². The quantitative estimate of drug-likeness (QED) is 0.745. The molecule has 0 aliphatic carbocycles. The molecule has 0 N–H and O–H groups in total. The smallest absolute Gasteiger partial charge is 0.419 e. The average molecular weight is 260 g/mol. The van der Waals surface area contributed by atoms with Gasteiger partial charge in [-0.05, 0) is 18.6 Å². The fourth-order valence-electron chi connectivity index (χ4n) is 1.58. The molecular weight excluding hydrogens is 245 g/mol. The summed E-state index contributed by atoms with van der Waals surface area (Å²) in [7, 11) is 1.16. The van der Waals surface area contributed by atoms with E-state index >= 15 is 0 Å². The Balaban J connectivity index is 3.02. The molecule has 1 aromatic carbocycles. The second-order valence-corrected chi connectivity index (χ2v) is 3.94. The van der Waals surface area contributed by atoms with E-state index in [1.807, 2.05) is 6.92 Å². The van der Waals surface area contributed by atoms with Crippen molar-refractivity contribution in [3.8, 4) is 5.75 Å². The molecule has 0 saturated carbocycles. The zero-order chi connectivity index (χ0) is 13.8. The van der Waals surface area contributed by atoms with Crippen LogP contribution in [0.1, 0.15) is 42.1 Å². The van der Waals surface area contributed by atoms with Crippen molar-refractivity contribution in [3.05, 3.63) is 29.3 Å². The van der Waals surface area contributed by atoms with Crippen LogP contribution in [0, 0.1) is 0 Å². The molecule has 0 fully saturated rings. The van der Waals surface area contributed by atoms with Gasteiger partial charge >= 0.3 is 6.18 Å². The van der Waals surface area contributed by atoms with E-state index in [0.29, 0.717) is 6.42 Å². The number of ether oxygens (including phenoxy) is 1. The third kappa shape index (κ3) is 3.48. The van der Waals surface area contributed by atoms with Gasteiger partial charge in [0.25, 0.3) is 0 Å². The largest absolute Gasteiger partial charge is 0.496 e. The van der Waals surface area contributed by atoms with Crippen LogP contribution in [0.3, 0.4) is 0 Å². The first-order valence-electron chi connectivity index (χ1n) is 5.68. The van der Waals surface area contributed by atoms with Gasteiger partial charge in [0.05, 0.1) is 12.7 Å². The van der Waals surface area contributed by atoms with Crippen molar-refractivity contribution >= 4 is 5.78 Å². The summed E-state index contributed by atoms with van der Waals surface area (Å²) in [5.74, 6) is -0.478. The van der Waals surface area contributed by atoms with E-state index in [2.05, 4.69) is 0 Å². The van der Waals surface area contributed by atoms with Crippen molar-refractivity contribution in [2.45, 2.75) is 32.4 Å². The number of carbonyl (C=O) groups excluding carboxylic acids is 1. The number of hydrogen-bond donors (Lipinski definition) is 0. The Morgan fingerprint density at radius 3 is 2.50 bits per heavy atom. The highest BCUT2D eigenvalue weighted by Crippen LogP contribution is 2.36. The summed E-state index contributed by atoms with van der Waals surface area (Å²) in [6, 6.07) is 3.24. The number of rotatable bonds is 5. The van der Waals surface area contributed by atoms with Gasteiger partial charge in [0.15, 0.2) is 5.78 Å². The number of hydrogen-bond acceptors (Lipinski definition) is 2. The molecule has 0 bridgehead atoms. The van der Waals surface area contributed by atoms with E-state index in [9.17, 15) is 18.0 Å². The summed E-state index contributed by atoms with van der Waals surface area (Å²) in [5, 5.41) is 0. The van der Waals surface area contributed by atoms with Gasteiger partial charge in [-0.3, -0.25) is 4.79 Å². The van der Waals surface area contributed by atoms with Crippen LogP contribution in [0.2, 0.25) is 0 Å². The molecule has 0 aliphatic rings. The molecule has 0 spiro atoms. The summed E-state index contributed by atoms with van der Waals surface area (Å²) in [6.07, 6.45) is -2.55. The minimum absolute atomic E-state index is 0.163. The highest BCUT2D eigenvalue weighted by molar-refractivity contribution is 5.96. The topological polar surface area (TPSA) is 26.3 Å². The van der Waals surface area contributed by atoms with Crippen LogP contribution in [-0.4, -0.2) is 12.9 Å². The Hall–Kier alpha value is -1.52. The first-order chi connectivity index (χ1) is 8.40. The molecule has 100 valence electrons. The molecule has 0 saturated heterocycles. The van der Waals surface area contributed by atoms with Crippen LogP contribution in [0.5, 0.6) is 5.75 Å². The minimum atomic E-state index is -4.48. The Bertz CT molecular complexity index is 425. The van der Waals surface area contributed by atoms with Crippen molar-refractivity contribution in [1.29, 1.82) is 0 Å². The third-order valence-electron chi connectivity index (χ3n) is 2.59. The lowest BCUT2D eigenvalue weighted by atomic mass is 10.0. The number of methoxy groups -OCH3 is 1. The van der Waals surface area contributed by atoms with Crippen LogP contribution in [0.25, 0.3) is 0 Å². The van der Waals surface area contributed by atoms with E-state index in [-0.39, 0.29) is 17.1 Å². The normalized spacial score (nSPS) is 11.4. The predicted molar refractivity (Wildman–Crippen MR) is 61.9 cm³/mol. The molecule has 0 atom stereocenters. The van der Waals surface area contributed by atoms with Crippen molar-refractivity contribution in [1.82, 2.24) is 0 Å². The van der Waals surface area contributed by atoms with Gasteiger partial charge in [-0.1, -0.05) is 19.4 Å². The Labute approximate surface area is 104 Å². The van der Waals surface area contributed by atoms with Crippen molar-refractivity contribution in [2.75, 3.05) is 7.11 Å². The van der Waals surface area contributed by atoms with Crippen LogP contribution < -0.4 is 4.74 Å². The summed E-state index contributed by atoms with van der Waals surface area (Å²) in [4.78, 5) is 11.7. The molecule has 0 aromatic heterocycles. The highest BCUT2D eigenvalue weighted by atomic mass is 19.4. The molecule has 1 aromatic rings. The number of ketones is 1. The molecule has 0 aliphatic heterocycles. The molecule has 1 rings (SSSR count). The summed E-state index contributed by atoms with van der Waals surface area (Å²) < 4.78 is 42.5. The zero-order valence-electron chi connectivity index (χ0n) is 10.3. The molecule has 0 radical (unpaired) electrons. The lowest BCUT2D eigenvalue weighted by Crippen LogP contribution is -2.09. The number of alkyl halides is 3. The molecular formula is C13H15F3O2. The van der Waals surface area contributed by atoms with Gasteiger partial charge in [-0.25, -0.2) is 0 Å². The van der Waals surface area contributed by atoms with Crippen LogP contribution in [0.4, 0.5) is 13.2 Å². The lowest BCUT2D eigenvalue weighted by molar-refractivity contribution is -0.138. The SMILES string of the molecule is CCCCC(=O)c1ccc(C(F)(F)F)c(OC)c1. The molecule has 5 heteroatoms. The van der Waals surface area contributed by atoms with Crippen LogP contribution >= 0.6 is 0 Å². The van der Waals surface area contributed by atoms with Gasteiger partial charge in [0.1, 0.15) is 5.75 Å². The van der Waals surface area contributed by atoms with Gasteiger partial charge in [-0.15, -0.1) is 0 Å². The fourth-order valence-corrected chi connectivity index (χ4v) is 1.58. The Morgan fingerprint density at radius 1 is 1.33 bits per heavy atom. The predicted octanol–water partition coefficient (Wildman–Crippen LogP) is 4.09. The number of halogens is 3.